The minimum Gasteiger partial charge on any atom is -0.444 e. The number of carbonyl (C=O) groups is 3. The number of anilines is 3. The number of pyridine rings is 1. The van der Waals surface area contributed by atoms with Crippen LogP contribution < -0.4 is 14.7 Å². The molecular weight excluding hydrogens is 636 g/mol. The van der Waals surface area contributed by atoms with Crippen LogP contribution in [0.25, 0.3) is 0 Å². The number of nitrogens with zero attached hydrogens (tertiary/aromatic N) is 8. The van der Waals surface area contributed by atoms with Gasteiger partial charge in [0, 0.05) is 46.3 Å². The van der Waals surface area contributed by atoms with Crippen molar-refractivity contribution in [1.82, 2.24) is 24.6 Å². The number of amides is 3. The van der Waals surface area contributed by atoms with Gasteiger partial charge in [0.1, 0.15) is 29.1 Å². The fraction of sp³-hybridized carbons (Fsp3) is 0.500. The van der Waals surface area contributed by atoms with Crippen molar-refractivity contribution in [3.63, 3.8) is 0 Å². The molecule has 0 spiro atoms. The number of halogens is 4. The summed E-state index contributed by atoms with van der Waals surface area (Å²) in [5.74, 6) is -1.11. The van der Waals surface area contributed by atoms with E-state index in [0.717, 1.165) is 17.0 Å². The fourth-order valence-electron chi connectivity index (χ4n) is 5.80. The molecule has 2 aromatic heterocycles. The van der Waals surface area contributed by atoms with Gasteiger partial charge in [-0.05, 0) is 58.4 Å². The Balaban J connectivity index is 1.34. The molecule has 1 atom stereocenters. The van der Waals surface area contributed by atoms with E-state index in [1.54, 1.807) is 55.4 Å². The number of alkyl halides is 3. The van der Waals surface area contributed by atoms with Crippen LogP contribution >= 0.6 is 0 Å². The predicted molar refractivity (Wildman–Crippen MR) is 168 cm³/mol. The molecule has 1 aromatic carbocycles. The second-order valence-electron chi connectivity index (χ2n) is 13.1. The number of aromatic nitrogens is 4. The van der Waals surface area contributed by atoms with Crippen molar-refractivity contribution in [1.29, 1.82) is 0 Å². The van der Waals surface area contributed by atoms with Crippen LogP contribution in [0.15, 0.2) is 30.3 Å². The van der Waals surface area contributed by atoms with Crippen LogP contribution in [0.3, 0.4) is 0 Å². The molecule has 12 nitrogen and oxygen atoms in total. The van der Waals surface area contributed by atoms with Gasteiger partial charge in [-0.1, -0.05) is 6.07 Å². The fourth-order valence-corrected chi connectivity index (χ4v) is 5.80. The van der Waals surface area contributed by atoms with E-state index in [1.807, 2.05) is 0 Å². The first-order chi connectivity index (χ1) is 22.3. The van der Waals surface area contributed by atoms with E-state index >= 15 is 4.39 Å². The number of hydrogen-bond donors (Lipinski definition) is 0. The molecule has 48 heavy (non-hydrogen) atoms. The molecule has 2 aliphatic rings. The maximum atomic E-state index is 15.5. The van der Waals surface area contributed by atoms with Crippen LogP contribution in [-0.4, -0.2) is 81.4 Å². The highest BCUT2D eigenvalue weighted by Gasteiger charge is 2.42. The number of likely N-dealkylation sites (tertiary alicyclic amines) is 1. The topological polar surface area (TPSA) is 117 Å². The molecule has 0 unspecified atom stereocenters. The highest BCUT2D eigenvalue weighted by Crippen LogP contribution is 2.37. The first-order valence-electron chi connectivity index (χ1n) is 15.4. The Morgan fingerprint density at radius 2 is 1.77 bits per heavy atom. The minimum atomic E-state index is -4.68. The second-order valence-corrected chi connectivity index (χ2v) is 13.1. The van der Waals surface area contributed by atoms with Gasteiger partial charge in [-0.25, -0.2) is 19.2 Å². The summed E-state index contributed by atoms with van der Waals surface area (Å²) in [5.41, 5.74) is -1.30. The Labute approximate surface area is 275 Å². The smallest absolute Gasteiger partial charge is 0.416 e. The van der Waals surface area contributed by atoms with Gasteiger partial charge in [-0.3, -0.25) is 19.2 Å². The van der Waals surface area contributed by atoms with Crippen molar-refractivity contribution in [3.8, 4) is 0 Å². The molecule has 3 aromatic rings. The van der Waals surface area contributed by atoms with Crippen LogP contribution in [0.2, 0.25) is 0 Å². The maximum Gasteiger partial charge on any atom is 0.416 e. The van der Waals surface area contributed by atoms with Gasteiger partial charge in [0.25, 0.3) is 0 Å². The SMILES string of the molecule is Cc1cc(C(F)(F)F)cc(N2C(=O)CC[C@H]2C(=O)N(C)c2cccc(F)c2N(C)Cc2nc(C3CN(C(=O)OC(C)(C)C)C3)nn2C)n1. The maximum absolute atomic E-state index is 15.5. The first kappa shape index (κ1) is 34.6. The van der Waals surface area contributed by atoms with E-state index < -0.39 is 47.1 Å². The minimum absolute atomic E-state index is 0.0396. The standard InChI is InChI=1S/C32H38F4N8O4/c1-18-13-20(32(34,35)36)14-24(37-18)44-23(11-12-26(44)45)29(46)41(6)22-10-8-9-21(33)27(22)40(5)17-25-38-28(39-42(25)7)19-15-43(16-19)30(47)48-31(2,3)4/h8-10,13-14,19,23H,11-12,15-17H2,1-7H3/t23-/m0/s1. The molecule has 16 heteroatoms. The molecule has 0 saturated carbocycles. The molecule has 0 aliphatic carbocycles. The zero-order valence-corrected chi connectivity index (χ0v) is 27.8. The van der Waals surface area contributed by atoms with Crippen molar-refractivity contribution in [2.75, 3.05) is 41.9 Å². The number of para-hydroxylation sites is 1. The molecule has 3 amide bonds. The Bertz CT molecular complexity index is 1730. The molecule has 0 bridgehead atoms. The van der Waals surface area contributed by atoms with E-state index in [9.17, 15) is 27.6 Å². The molecular formula is C32H38F4N8O4. The Morgan fingerprint density at radius 3 is 2.42 bits per heavy atom. The van der Waals surface area contributed by atoms with Gasteiger partial charge in [0.15, 0.2) is 5.82 Å². The summed E-state index contributed by atoms with van der Waals surface area (Å²) in [6.45, 7) is 7.66. The summed E-state index contributed by atoms with van der Waals surface area (Å²) in [6.07, 6.45) is -5.10. The average Bonchev–Trinajstić information content (AvgIpc) is 3.50. The zero-order valence-electron chi connectivity index (χ0n) is 27.8. The molecule has 0 N–H and O–H groups in total. The summed E-state index contributed by atoms with van der Waals surface area (Å²) in [5, 5.41) is 4.51. The van der Waals surface area contributed by atoms with Gasteiger partial charge in [0.2, 0.25) is 11.8 Å². The summed E-state index contributed by atoms with van der Waals surface area (Å²) >= 11 is 0. The van der Waals surface area contributed by atoms with E-state index in [0.29, 0.717) is 24.7 Å². The summed E-state index contributed by atoms with van der Waals surface area (Å²) in [6, 6.07) is 4.70. The van der Waals surface area contributed by atoms with Crippen LogP contribution in [0.1, 0.15) is 62.4 Å². The van der Waals surface area contributed by atoms with Crippen molar-refractivity contribution < 1.29 is 36.7 Å². The van der Waals surface area contributed by atoms with Crippen molar-refractivity contribution in [3.05, 3.63) is 59.1 Å². The number of carbonyl (C=O) groups excluding carboxylic acids is 3. The van der Waals surface area contributed by atoms with Gasteiger partial charge < -0.3 is 19.4 Å². The van der Waals surface area contributed by atoms with E-state index in [4.69, 9.17) is 4.74 Å². The second kappa shape index (κ2) is 12.7. The van der Waals surface area contributed by atoms with Crippen molar-refractivity contribution >= 4 is 35.1 Å². The third-order valence-corrected chi connectivity index (χ3v) is 8.20. The monoisotopic (exact) mass is 674 g/mol. The van der Waals surface area contributed by atoms with Crippen molar-refractivity contribution in [2.45, 2.75) is 70.8 Å². The Morgan fingerprint density at radius 1 is 1.08 bits per heavy atom. The zero-order chi connectivity index (χ0) is 35.3. The van der Waals surface area contributed by atoms with Gasteiger partial charge in [-0.2, -0.15) is 18.3 Å². The van der Waals surface area contributed by atoms with Crippen LogP contribution in [0, 0.1) is 12.7 Å². The number of ether oxygens (including phenoxy) is 1. The average molecular weight is 675 g/mol. The quantitative estimate of drug-likeness (QED) is 0.328. The Kier molecular flexibility index (Phi) is 9.14. The predicted octanol–water partition coefficient (Wildman–Crippen LogP) is 4.81. The first-order valence-corrected chi connectivity index (χ1v) is 15.4. The molecule has 258 valence electrons. The van der Waals surface area contributed by atoms with Crippen LogP contribution in [0.5, 0.6) is 0 Å². The van der Waals surface area contributed by atoms with Gasteiger partial charge >= 0.3 is 12.3 Å². The third kappa shape index (κ3) is 7.06. The van der Waals surface area contributed by atoms with Gasteiger partial charge in [-0.15, -0.1) is 0 Å². The summed E-state index contributed by atoms with van der Waals surface area (Å²) in [4.78, 5) is 53.2. The lowest BCUT2D eigenvalue weighted by Gasteiger charge is -2.38. The Hall–Kier alpha value is -4.76. The number of rotatable bonds is 7. The number of benzene rings is 1. The molecule has 4 heterocycles. The number of likely N-dealkylation sites (N-methyl/N-ethyl adjacent to an activating group) is 1. The summed E-state index contributed by atoms with van der Waals surface area (Å²) < 4.78 is 63.1. The number of hydrogen-bond acceptors (Lipinski definition) is 8. The lowest BCUT2D eigenvalue weighted by molar-refractivity contribution is -0.137. The number of aryl methyl sites for hydroxylation is 2. The van der Waals surface area contributed by atoms with Gasteiger partial charge in [0.05, 0.1) is 29.4 Å². The lowest BCUT2D eigenvalue weighted by atomic mass is 10.0. The molecule has 2 saturated heterocycles. The highest BCUT2D eigenvalue weighted by atomic mass is 19.4. The van der Waals surface area contributed by atoms with E-state index in [1.165, 1.54) is 31.0 Å². The highest BCUT2D eigenvalue weighted by molar-refractivity contribution is 6.09. The van der Waals surface area contributed by atoms with E-state index in [2.05, 4.69) is 15.1 Å². The molecule has 0 radical (unpaired) electrons. The normalized spacial score (nSPS) is 17.1. The molecule has 5 rings (SSSR count). The third-order valence-electron chi connectivity index (χ3n) is 8.20. The summed E-state index contributed by atoms with van der Waals surface area (Å²) in [7, 11) is 4.76. The molecule has 2 aliphatic heterocycles. The van der Waals surface area contributed by atoms with Crippen LogP contribution in [0.4, 0.5) is 39.5 Å². The largest absolute Gasteiger partial charge is 0.444 e. The van der Waals surface area contributed by atoms with Crippen molar-refractivity contribution in [2.24, 2.45) is 7.05 Å². The van der Waals surface area contributed by atoms with E-state index in [-0.39, 0.29) is 48.2 Å². The molecule has 2 fully saturated rings. The lowest BCUT2D eigenvalue weighted by Crippen LogP contribution is -2.50. The van der Waals surface area contributed by atoms with Crippen LogP contribution in [-0.2, 0) is 34.1 Å².